The fourth-order valence-corrected chi connectivity index (χ4v) is 2.19. The van der Waals surface area contributed by atoms with Crippen molar-refractivity contribution in [1.29, 1.82) is 0 Å². The van der Waals surface area contributed by atoms with E-state index in [9.17, 15) is 4.79 Å². The van der Waals surface area contributed by atoms with Gasteiger partial charge in [-0.15, -0.1) is 0 Å². The summed E-state index contributed by atoms with van der Waals surface area (Å²) in [5.41, 5.74) is 1.13. The molecule has 0 saturated carbocycles. The van der Waals surface area contributed by atoms with E-state index >= 15 is 0 Å². The van der Waals surface area contributed by atoms with Crippen molar-refractivity contribution in [3.05, 3.63) is 35.9 Å². The molecule has 112 valence electrons. The van der Waals surface area contributed by atoms with Crippen LogP contribution in [0.15, 0.2) is 30.3 Å². The quantitative estimate of drug-likeness (QED) is 0.689. The molecule has 0 heterocycles. The number of amides is 1. The van der Waals surface area contributed by atoms with Crippen LogP contribution in [0, 0.1) is 5.92 Å². The van der Waals surface area contributed by atoms with Gasteiger partial charge in [0.15, 0.2) is 0 Å². The Labute approximate surface area is 123 Å². The number of hydrogen-bond acceptors (Lipinski definition) is 2. The van der Waals surface area contributed by atoms with Crippen LogP contribution in [-0.4, -0.2) is 19.0 Å². The highest BCUT2D eigenvalue weighted by molar-refractivity contribution is 5.77. The molecule has 1 unspecified atom stereocenters. The maximum Gasteiger partial charge on any atom is 0.234 e. The molecular weight excluding hydrogens is 248 g/mol. The zero-order valence-electron chi connectivity index (χ0n) is 12.8. The molecule has 3 nitrogen and oxygen atoms in total. The van der Waals surface area contributed by atoms with E-state index in [4.69, 9.17) is 0 Å². The number of benzene rings is 1. The van der Waals surface area contributed by atoms with Gasteiger partial charge in [0.1, 0.15) is 0 Å². The van der Waals surface area contributed by atoms with Gasteiger partial charge in [-0.3, -0.25) is 4.79 Å². The lowest BCUT2D eigenvalue weighted by molar-refractivity contribution is -0.120. The Hall–Kier alpha value is -1.35. The zero-order valence-corrected chi connectivity index (χ0v) is 12.8. The van der Waals surface area contributed by atoms with Crippen molar-refractivity contribution in [2.45, 2.75) is 46.1 Å². The monoisotopic (exact) mass is 276 g/mol. The van der Waals surface area contributed by atoms with Gasteiger partial charge in [-0.1, -0.05) is 63.4 Å². The minimum atomic E-state index is 0.0687. The Morgan fingerprint density at radius 3 is 2.60 bits per heavy atom. The van der Waals surface area contributed by atoms with Crippen molar-refractivity contribution in [3.63, 3.8) is 0 Å². The number of rotatable bonds is 10. The van der Waals surface area contributed by atoms with Gasteiger partial charge in [-0.2, -0.15) is 0 Å². The second-order valence-electron chi connectivity index (χ2n) is 5.31. The second kappa shape index (κ2) is 10.4. The van der Waals surface area contributed by atoms with E-state index in [1.165, 1.54) is 25.7 Å². The van der Waals surface area contributed by atoms with E-state index in [2.05, 4.69) is 24.5 Å². The third kappa shape index (κ3) is 7.29. The summed E-state index contributed by atoms with van der Waals surface area (Å²) in [7, 11) is 0. The molecule has 0 bridgehead atoms. The number of carbonyl (C=O) groups is 1. The first kappa shape index (κ1) is 16.7. The summed E-state index contributed by atoms with van der Waals surface area (Å²) in [6, 6.07) is 9.99. The van der Waals surface area contributed by atoms with Crippen LogP contribution < -0.4 is 10.6 Å². The van der Waals surface area contributed by atoms with E-state index in [1.807, 2.05) is 30.3 Å². The zero-order chi connectivity index (χ0) is 14.6. The smallest absolute Gasteiger partial charge is 0.234 e. The topological polar surface area (TPSA) is 41.1 Å². The van der Waals surface area contributed by atoms with Crippen LogP contribution in [0.5, 0.6) is 0 Å². The molecule has 0 aliphatic rings. The van der Waals surface area contributed by atoms with Crippen molar-refractivity contribution >= 4 is 5.91 Å². The number of unbranched alkanes of at least 4 members (excludes halogenated alkanes) is 1. The summed E-state index contributed by atoms with van der Waals surface area (Å²) in [5, 5.41) is 6.20. The van der Waals surface area contributed by atoms with E-state index < -0.39 is 0 Å². The van der Waals surface area contributed by atoms with Gasteiger partial charge in [0.2, 0.25) is 5.91 Å². The average molecular weight is 276 g/mol. The van der Waals surface area contributed by atoms with E-state index in [0.29, 0.717) is 19.0 Å². The molecule has 0 fully saturated rings. The molecule has 1 aromatic carbocycles. The van der Waals surface area contributed by atoms with Crippen LogP contribution in [0.25, 0.3) is 0 Å². The fourth-order valence-electron chi connectivity index (χ4n) is 2.19. The molecular formula is C17H28N2O. The number of carbonyl (C=O) groups excluding carboxylic acids is 1. The van der Waals surface area contributed by atoms with Crippen LogP contribution in [0.2, 0.25) is 0 Å². The van der Waals surface area contributed by atoms with Crippen molar-refractivity contribution in [1.82, 2.24) is 10.6 Å². The molecule has 1 aromatic rings. The standard InChI is InChI=1S/C17H28N2O/c1-3-5-9-15(4-2)12-18-14-17(20)19-13-16-10-7-6-8-11-16/h6-8,10-11,15,18H,3-5,9,12-14H2,1-2H3,(H,19,20). The highest BCUT2D eigenvalue weighted by Gasteiger charge is 2.06. The highest BCUT2D eigenvalue weighted by atomic mass is 16.1. The molecule has 0 radical (unpaired) electrons. The van der Waals surface area contributed by atoms with Gasteiger partial charge in [-0.05, 0) is 24.4 Å². The van der Waals surface area contributed by atoms with Crippen molar-refractivity contribution < 1.29 is 4.79 Å². The van der Waals surface area contributed by atoms with Crippen LogP contribution >= 0.6 is 0 Å². The Bertz CT molecular complexity index is 365. The summed E-state index contributed by atoms with van der Waals surface area (Å²) >= 11 is 0. The second-order valence-corrected chi connectivity index (χ2v) is 5.31. The van der Waals surface area contributed by atoms with Gasteiger partial charge < -0.3 is 10.6 Å². The van der Waals surface area contributed by atoms with Crippen molar-refractivity contribution in [2.24, 2.45) is 5.92 Å². The third-order valence-corrected chi connectivity index (χ3v) is 3.59. The molecule has 1 atom stereocenters. The Morgan fingerprint density at radius 2 is 1.95 bits per heavy atom. The summed E-state index contributed by atoms with van der Waals surface area (Å²) in [6.45, 7) is 6.40. The SMILES string of the molecule is CCCCC(CC)CNCC(=O)NCc1ccccc1. The molecule has 0 saturated heterocycles. The lowest BCUT2D eigenvalue weighted by Gasteiger charge is -2.15. The number of hydrogen-bond donors (Lipinski definition) is 2. The average Bonchev–Trinajstić information content (AvgIpc) is 2.49. The molecule has 0 spiro atoms. The molecule has 0 aliphatic carbocycles. The summed E-state index contributed by atoms with van der Waals surface area (Å²) < 4.78 is 0. The van der Waals surface area contributed by atoms with Crippen LogP contribution in [-0.2, 0) is 11.3 Å². The summed E-state index contributed by atoms with van der Waals surface area (Å²) in [4.78, 5) is 11.7. The first-order chi connectivity index (χ1) is 9.76. The van der Waals surface area contributed by atoms with Gasteiger partial charge >= 0.3 is 0 Å². The first-order valence-electron chi connectivity index (χ1n) is 7.77. The van der Waals surface area contributed by atoms with Gasteiger partial charge in [-0.25, -0.2) is 0 Å². The maximum atomic E-state index is 11.7. The highest BCUT2D eigenvalue weighted by Crippen LogP contribution is 2.10. The first-order valence-corrected chi connectivity index (χ1v) is 7.77. The minimum absolute atomic E-state index is 0.0687. The molecule has 0 aliphatic heterocycles. The van der Waals surface area contributed by atoms with Gasteiger partial charge in [0.05, 0.1) is 6.54 Å². The lowest BCUT2D eigenvalue weighted by Crippen LogP contribution is -2.35. The van der Waals surface area contributed by atoms with Crippen molar-refractivity contribution in [3.8, 4) is 0 Å². The molecule has 2 N–H and O–H groups in total. The molecule has 3 heteroatoms. The van der Waals surface area contributed by atoms with E-state index in [1.54, 1.807) is 0 Å². The van der Waals surface area contributed by atoms with E-state index in [0.717, 1.165) is 12.1 Å². The predicted octanol–water partition coefficient (Wildman–Crippen LogP) is 3.11. The normalized spacial score (nSPS) is 12.1. The van der Waals surface area contributed by atoms with Crippen LogP contribution in [0.3, 0.4) is 0 Å². The van der Waals surface area contributed by atoms with E-state index in [-0.39, 0.29) is 5.91 Å². The molecule has 1 rings (SSSR count). The lowest BCUT2D eigenvalue weighted by atomic mass is 9.99. The van der Waals surface area contributed by atoms with Gasteiger partial charge in [0, 0.05) is 6.54 Å². The molecule has 20 heavy (non-hydrogen) atoms. The van der Waals surface area contributed by atoms with Crippen LogP contribution in [0.4, 0.5) is 0 Å². The Kier molecular flexibility index (Phi) is 8.72. The van der Waals surface area contributed by atoms with Crippen LogP contribution in [0.1, 0.15) is 45.1 Å². The Balaban J connectivity index is 2.13. The number of nitrogens with one attached hydrogen (secondary N) is 2. The molecule has 1 amide bonds. The maximum absolute atomic E-state index is 11.7. The third-order valence-electron chi connectivity index (χ3n) is 3.59. The summed E-state index contributed by atoms with van der Waals surface area (Å²) in [6.07, 6.45) is 4.96. The Morgan fingerprint density at radius 1 is 1.20 bits per heavy atom. The minimum Gasteiger partial charge on any atom is -0.351 e. The predicted molar refractivity (Wildman–Crippen MR) is 84.5 cm³/mol. The largest absolute Gasteiger partial charge is 0.351 e. The van der Waals surface area contributed by atoms with Gasteiger partial charge in [0.25, 0.3) is 0 Å². The van der Waals surface area contributed by atoms with Crippen molar-refractivity contribution in [2.75, 3.05) is 13.1 Å². The summed E-state index contributed by atoms with van der Waals surface area (Å²) in [5.74, 6) is 0.760. The molecule has 0 aromatic heterocycles. The fraction of sp³-hybridized carbons (Fsp3) is 0.588.